The lowest BCUT2D eigenvalue weighted by Crippen LogP contribution is -2.18. The van der Waals surface area contributed by atoms with Crippen LogP contribution in [0.1, 0.15) is 6.42 Å². The van der Waals surface area contributed by atoms with Gasteiger partial charge in [-0.15, -0.1) is 0 Å². The summed E-state index contributed by atoms with van der Waals surface area (Å²) in [6.45, 7) is 0. The number of nitrogens with one attached hydrogen (secondary N) is 1. The molecule has 4 heteroatoms. The number of methoxy groups -OCH3 is 1. The van der Waals surface area contributed by atoms with E-state index in [1.165, 1.54) is 7.11 Å². The Balaban J connectivity index is 0.000001000. The van der Waals surface area contributed by atoms with E-state index in [9.17, 15) is 4.79 Å². The van der Waals surface area contributed by atoms with Gasteiger partial charge in [-0.1, -0.05) is 6.08 Å². The molecule has 1 rings (SSSR count). The predicted molar refractivity (Wildman–Crippen MR) is 40.6 cm³/mol. The molecule has 0 aromatic rings. The molecule has 0 aromatic carbocycles. The van der Waals surface area contributed by atoms with E-state index in [1.54, 1.807) is 12.3 Å². The number of dihydropyridines is 1. The Kier molecular flexibility index (Phi) is 3.98. The summed E-state index contributed by atoms with van der Waals surface area (Å²) in [5.74, 6) is -0.315. The summed E-state index contributed by atoms with van der Waals surface area (Å²) in [4.78, 5) is 10.8. The average Bonchev–Trinajstić information content (AvgIpc) is 2.05. The fourth-order valence-corrected chi connectivity index (χ4v) is 0.714. The number of hydrogen-bond donors (Lipinski definition) is 1. The maximum absolute atomic E-state index is 10.8. The summed E-state index contributed by atoms with van der Waals surface area (Å²) in [6.07, 6.45) is 6.22. The molecule has 0 aromatic heterocycles. The van der Waals surface area contributed by atoms with Crippen molar-refractivity contribution in [2.45, 2.75) is 6.42 Å². The Hall–Kier alpha value is -1.29. The van der Waals surface area contributed by atoms with Gasteiger partial charge in [-0.3, -0.25) is 0 Å². The largest absolute Gasteiger partial charge is 0.464 e. The molecule has 1 heterocycles. The molecule has 0 unspecified atom stereocenters. The number of carbonyl (C=O) groups excluding carboxylic acids is 1. The van der Waals surface area contributed by atoms with Crippen LogP contribution in [0.25, 0.3) is 0 Å². The highest BCUT2D eigenvalue weighted by Gasteiger charge is 2.07. The molecule has 0 atom stereocenters. The second-order valence-corrected chi connectivity index (χ2v) is 1.89. The van der Waals surface area contributed by atoms with Crippen LogP contribution >= 0.6 is 0 Å². The minimum atomic E-state index is -0.315. The van der Waals surface area contributed by atoms with Gasteiger partial charge in [0.25, 0.3) is 0 Å². The van der Waals surface area contributed by atoms with Crippen molar-refractivity contribution >= 4 is 5.97 Å². The number of carbonyl (C=O) groups is 1. The Morgan fingerprint density at radius 3 is 2.91 bits per heavy atom. The summed E-state index contributed by atoms with van der Waals surface area (Å²) in [5, 5.41) is 2.78. The van der Waals surface area contributed by atoms with Crippen LogP contribution in [0.3, 0.4) is 0 Å². The molecular weight excluding hydrogens is 146 g/mol. The molecule has 0 spiro atoms. The number of hydrogen-bond acceptors (Lipinski definition) is 3. The summed E-state index contributed by atoms with van der Waals surface area (Å²) in [7, 11) is 1.36. The normalized spacial score (nSPS) is 14.1. The van der Waals surface area contributed by atoms with Crippen LogP contribution in [0.15, 0.2) is 24.0 Å². The molecular formula is C7H11NO3. The van der Waals surface area contributed by atoms with Gasteiger partial charge in [0.05, 0.1) is 7.11 Å². The zero-order chi connectivity index (χ0) is 7.40. The SMILES string of the molecule is COC(=O)C1=CCC=CN1.O. The molecule has 0 fully saturated rings. The van der Waals surface area contributed by atoms with Gasteiger partial charge in [0, 0.05) is 0 Å². The van der Waals surface area contributed by atoms with Crippen LogP contribution in [-0.2, 0) is 9.53 Å². The van der Waals surface area contributed by atoms with Crippen molar-refractivity contribution in [3.05, 3.63) is 24.0 Å². The molecule has 0 bridgehead atoms. The number of ether oxygens (including phenoxy) is 1. The van der Waals surface area contributed by atoms with Crippen molar-refractivity contribution < 1.29 is 15.0 Å². The van der Waals surface area contributed by atoms with Crippen molar-refractivity contribution in [1.29, 1.82) is 0 Å². The Bertz CT molecular complexity index is 196. The van der Waals surface area contributed by atoms with E-state index in [-0.39, 0.29) is 11.4 Å². The molecule has 11 heavy (non-hydrogen) atoms. The molecule has 1 aliphatic heterocycles. The van der Waals surface area contributed by atoms with Crippen LogP contribution in [-0.4, -0.2) is 18.6 Å². The summed E-state index contributed by atoms with van der Waals surface area (Å²) in [5.41, 5.74) is 0.519. The van der Waals surface area contributed by atoms with Crippen molar-refractivity contribution in [2.24, 2.45) is 0 Å². The van der Waals surface area contributed by atoms with Crippen LogP contribution in [0.2, 0.25) is 0 Å². The smallest absolute Gasteiger partial charge is 0.354 e. The predicted octanol–water partition coefficient (Wildman–Crippen LogP) is -0.274. The Labute approximate surface area is 64.8 Å². The monoisotopic (exact) mass is 157 g/mol. The van der Waals surface area contributed by atoms with Crippen LogP contribution in [0.5, 0.6) is 0 Å². The van der Waals surface area contributed by atoms with E-state index < -0.39 is 0 Å². The summed E-state index contributed by atoms with van der Waals surface area (Å²) in [6, 6.07) is 0. The molecule has 0 amide bonds. The highest BCUT2D eigenvalue weighted by atomic mass is 16.5. The van der Waals surface area contributed by atoms with Gasteiger partial charge >= 0.3 is 5.97 Å². The molecule has 0 saturated carbocycles. The number of esters is 1. The van der Waals surface area contributed by atoms with E-state index in [0.717, 1.165) is 6.42 Å². The second-order valence-electron chi connectivity index (χ2n) is 1.89. The first kappa shape index (κ1) is 9.71. The highest BCUT2D eigenvalue weighted by Crippen LogP contribution is 2.00. The Morgan fingerprint density at radius 2 is 2.45 bits per heavy atom. The lowest BCUT2D eigenvalue weighted by Gasteiger charge is -2.06. The van der Waals surface area contributed by atoms with Crippen molar-refractivity contribution in [3.8, 4) is 0 Å². The summed E-state index contributed by atoms with van der Waals surface area (Å²) < 4.78 is 4.49. The molecule has 0 aliphatic carbocycles. The van der Waals surface area contributed by atoms with E-state index in [2.05, 4.69) is 10.1 Å². The fourth-order valence-electron chi connectivity index (χ4n) is 0.714. The van der Waals surface area contributed by atoms with Gasteiger partial charge in [0.2, 0.25) is 0 Å². The van der Waals surface area contributed by atoms with Gasteiger partial charge in [0.1, 0.15) is 5.70 Å². The zero-order valence-electron chi connectivity index (χ0n) is 6.26. The molecule has 4 nitrogen and oxygen atoms in total. The minimum absolute atomic E-state index is 0. The highest BCUT2D eigenvalue weighted by molar-refractivity contribution is 5.88. The first-order valence-corrected chi connectivity index (χ1v) is 3.04. The molecule has 0 saturated heterocycles. The van der Waals surface area contributed by atoms with Gasteiger partial charge in [-0.05, 0) is 18.7 Å². The van der Waals surface area contributed by atoms with E-state index >= 15 is 0 Å². The van der Waals surface area contributed by atoms with Crippen molar-refractivity contribution in [1.82, 2.24) is 5.32 Å². The standard InChI is InChI=1S/C7H9NO2.H2O/c1-10-7(9)6-4-2-3-5-8-6;/h3-5,8H,2H2,1H3;1H2. The van der Waals surface area contributed by atoms with Gasteiger partial charge < -0.3 is 15.5 Å². The molecule has 1 aliphatic rings. The third-order valence-electron chi connectivity index (χ3n) is 1.22. The molecule has 62 valence electrons. The van der Waals surface area contributed by atoms with E-state index in [4.69, 9.17) is 0 Å². The van der Waals surface area contributed by atoms with E-state index in [0.29, 0.717) is 5.70 Å². The summed E-state index contributed by atoms with van der Waals surface area (Å²) >= 11 is 0. The van der Waals surface area contributed by atoms with Crippen LogP contribution in [0.4, 0.5) is 0 Å². The number of rotatable bonds is 1. The fraction of sp³-hybridized carbons (Fsp3) is 0.286. The van der Waals surface area contributed by atoms with Crippen molar-refractivity contribution in [2.75, 3.05) is 7.11 Å². The lowest BCUT2D eigenvalue weighted by atomic mass is 10.2. The molecule has 3 N–H and O–H groups in total. The first-order chi connectivity index (χ1) is 4.84. The third-order valence-corrected chi connectivity index (χ3v) is 1.22. The zero-order valence-corrected chi connectivity index (χ0v) is 6.26. The maximum atomic E-state index is 10.8. The lowest BCUT2D eigenvalue weighted by molar-refractivity contribution is -0.136. The van der Waals surface area contributed by atoms with E-state index in [1.807, 2.05) is 6.08 Å². The van der Waals surface area contributed by atoms with Gasteiger partial charge in [-0.25, -0.2) is 4.79 Å². The molecule has 0 radical (unpaired) electrons. The topological polar surface area (TPSA) is 69.8 Å². The average molecular weight is 157 g/mol. The quantitative estimate of drug-likeness (QED) is 0.532. The Morgan fingerprint density at radius 1 is 1.73 bits per heavy atom. The van der Waals surface area contributed by atoms with Gasteiger partial charge in [0.15, 0.2) is 0 Å². The van der Waals surface area contributed by atoms with Crippen molar-refractivity contribution in [3.63, 3.8) is 0 Å². The minimum Gasteiger partial charge on any atom is -0.464 e. The maximum Gasteiger partial charge on any atom is 0.354 e. The third kappa shape index (κ3) is 2.43. The van der Waals surface area contributed by atoms with Crippen LogP contribution < -0.4 is 5.32 Å². The first-order valence-electron chi connectivity index (χ1n) is 3.04. The number of allylic oxidation sites excluding steroid dienone is 2. The van der Waals surface area contributed by atoms with Crippen LogP contribution in [0, 0.1) is 0 Å². The second kappa shape index (κ2) is 4.51. The van der Waals surface area contributed by atoms with Gasteiger partial charge in [-0.2, -0.15) is 0 Å².